The first-order valence-electron chi connectivity index (χ1n) is 9.83. The van der Waals surface area contributed by atoms with Crippen LogP contribution in [0.4, 0.5) is 0 Å². The van der Waals surface area contributed by atoms with Crippen LogP contribution in [-0.2, 0) is 11.2 Å². The molecule has 158 valence electrons. The molecule has 3 rings (SSSR count). The van der Waals surface area contributed by atoms with Crippen molar-refractivity contribution < 1.29 is 14.2 Å². The first kappa shape index (κ1) is 23.0. The van der Waals surface area contributed by atoms with E-state index in [1.165, 1.54) is 18.4 Å². The third-order valence-corrected chi connectivity index (χ3v) is 5.24. The van der Waals surface area contributed by atoms with Gasteiger partial charge in [-0.3, -0.25) is 4.99 Å². The molecule has 1 aromatic carbocycles. The minimum atomic E-state index is 0. The van der Waals surface area contributed by atoms with E-state index in [0.717, 1.165) is 63.2 Å². The third-order valence-electron chi connectivity index (χ3n) is 5.24. The van der Waals surface area contributed by atoms with Crippen LogP contribution in [0.15, 0.2) is 23.2 Å². The highest BCUT2D eigenvalue weighted by molar-refractivity contribution is 14.0. The summed E-state index contributed by atoms with van der Waals surface area (Å²) in [6.07, 6.45) is 3.37. The zero-order valence-electron chi connectivity index (χ0n) is 16.9. The van der Waals surface area contributed by atoms with E-state index < -0.39 is 0 Å². The quantitative estimate of drug-likeness (QED) is 0.321. The molecule has 1 fully saturated rings. The maximum absolute atomic E-state index is 5.43. The summed E-state index contributed by atoms with van der Waals surface area (Å²) in [5.41, 5.74) is 1.23. The Bertz CT molecular complexity index is 621. The van der Waals surface area contributed by atoms with E-state index in [1.807, 2.05) is 13.1 Å². The first-order valence-corrected chi connectivity index (χ1v) is 9.83. The number of piperidine rings is 1. The summed E-state index contributed by atoms with van der Waals surface area (Å²) in [4.78, 5) is 6.82. The average molecular weight is 504 g/mol. The zero-order valence-corrected chi connectivity index (χ0v) is 19.2. The van der Waals surface area contributed by atoms with Gasteiger partial charge in [0, 0.05) is 33.8 Å². The summed E-state index contributed by atoms with van der Waals surface area (Å²) in [5, 5.41) is 6.88. The maximum Gasteiger partial charge on any atom is 0.231 e. The fourth-order valence-corrected chi connectivity index (χ4v) is 3.52. The molecule has 0 radical (unpaired) electrons. The van der Waals surface area contributed by atoms with Gasteiger partial charge in [-0.05, 0) is 56.0 Å². The largest absolute Gasteiger partial charge is 0.454 e. The van der Waals surface area contributed by atoms with Gasteiger partial charge < -0.3 is 29.7 Å². The first-order chi connectivity index (χ1) is 13.3. The molecule has 0 atom stereocenters. The number of benzene rings is 1. The highest BCUT2D eigenvalue weighted by atomic mass is 127. The van der Waals surface area contributed by atoms with Gasteiger partial charge in [-0.25, -0.2) is 0 Å². The molecule has 0 aromatic heterocycles. The molecule has 2 N–H and O–H groups in total. The van der Waals surface area contributed by atoms with Crippen molar-refractivity contribution in [2.75, 3.05) is 60.3 Å². The summed E-state index contributed by atoms with van der Waals surface area (Å²) in [6, 6.07) is 6.12. The summed E-state index contributed by atoms with van der Waals surface area (Å²) in [7, 11) is 3.59. The molecule has 2 aliphatic rings. The number of guanidine groups is 1. The lowest BCUT2D eigenvalue weighted by Gasteiger charge is -2.32. The van der Waals surface area contributed by atoms with Crippen LogP contribution in [-0.4, -0.2) is 71.1 Å². The lowest BCUT2D eigenvalue weighted by atomic mass is 9.97. The van der Waals surface area contributed by atoms with Crippen LogP contribution >= 0.6 is 24.0 Å². The van der Waals surface area contributed by atoms with Crippen LogP contribution in [0.1, 0.15) is 18.4 Å². The van der Waals surface area contributed by atoms with Gasteiger partial charge in [-0.1, -0.05) is 6.07 Å². The van der Waals surface area contributed by atoms with Gasteiger partial charge in [0.25, 0.3) is 0 Å². The smallest absolute Gasteiger partial charge is 0.231 e. The number of hydrogen-bond donors (Lipinski definition) is 2. The average Bonchev–Trinajstić information content (AvgIpc) is 3.17. The van der Waals surface area contributed by atoms with Crippen molar-refractivity contribution in [2.24, 2.45) is 10.9 Å². The van der Waals surface area contributed by atoms with Gasteiger partial charge >= 0.3 is 0 Å². The molecule has 0 unspecified atom stereocenters. The molecule has 8 heteroatoms. The summed E-state index contributed by atoms with van der Waals surface area (Å²) in [5.74, 6) is 3.25. The Morgan fingerprint density at radius 2 is 2.00 bits per heavy atom. The van der Waals surface area contributed by atoms with Crippen LogP contribution < -0.4 is 20.1 Å². The second-order valence-corrected chi connectivity index (χ2v) is 7.10. The molecule has 7 nitrogen and oxygen atoms in total. The van der Waals surface area contributed by atoms with E-state index in [2.05, 4.69) is 32.7 Å². The van der Waals surface area contributed by atoms with Gasteiger partial charge in [-0.2, -0.15) is 0 Å². The molecule has 0 aliphatic carbocycles. The fraction of sp³-hybridized carbons (Fsp3) is 0.650. The molecule has 2 heterocycles. The normalized spacial score (nSPS) is 17.3. The molecule has 2 aliphatic heterocycles. The van der Waals surface area contributed by atoms with Crippen LogP contribution in [0, 0.1) is 5.92 Å². The van der Waals surface area contributed by atoms with E-state index in [9.17, 15) is 0 Å². The summed E-state index contributed by atoms with van der Waals surface area (Å²) >= 11 is 0. The standard InChI is InChI=1S/C20H32N4O3.HI/c1-21-20(23-14-17-6-9-24(10-7-17)11-12-25-2)22-8-5-16-3-4-18-19(13-16)27-15-26-18;/h3-4,13,17H,5-12,14-15H2,1-2H3,(H2,21,22,23);1H. The number of likely N-dealkylation sites (tertiary alicyclic amines) is 1. The van der Waals surface area contributed by atoms with E-state index in [0.29, 0.717) is 12.7 Å². The highest BCUT2D eigenvalue weighted by Gasteiger charge is 2.19. The SMILES string of the molecule is CN=C(NCCc1ccc2c(c1)OCO2)NCC1CCN(CCOC)CC1.I. The predicted molar refractivity (Wildman–Crippen MR) is 122 cm³/mol. The Balaban J connectivity index is 0.00000280. The van der Waals surface area contributed by atoms with Gasteiger partial charge in [0.15, 0.2) is 17.5 Å². The molecule has 28 heavy (non-hydrogen) atoms. The van der Waals surface area contributed by atoms with Crippen molar-refractivity contribution in [3.8, 4) is 11.5 Å². The number of methoxy groups -OCH3 is 1. The number of hydrogen-bond acceptors (Lipinski definition) is 5. The monoisotopic (exact) mass is 504 g/mol. The van der Waals surface area contributed by atoms with Crippen molar-refractivity contribution in [3.05, 3.63) is 23.8 Å². The van der Waals surface area contributed by atoms with E-state index in [1.54, 1.807) is 7.11 Å². The van der Waals surface area contributed by atoms with Crippen LogP contribution in [0.25, 0.3) is 0 Å². The Labute approximate surface area is 185 Å². The minimum Gasteiger partial charge on any atom is -0.454 e. The zero-order chi connectivity index (χ0) is 18.9. The number of nitrogens with zero attached hydrogens (tertiary/aromatic N) is 2. The molecular formula is C20H33IN4O3. The molecule has 1 aromatic rings. The van der Waals surface area contributed by atoms with Crippen LogP contribution in [0.5, 0.6) is 11.5 Å². The van der Waals surface area contributed by atoms with Crippen LogP contribution in [0.2, 0.25) is 0 Å². The van der Waals surface area contributed by atoms with E-state index in [4.69, 9.17) is 14.2 Å². The highest BCUT2D eigenvalue weighted by Crippen LogP contribution is 2.32. The van der Waals surface area contributed by atoms with E-state index in [-0.39, 0.29) is 24.0 Å². The molecule has 0 bridgehead atoms. The fourth-order valence-electron chi connectivity index (χ4n) is 3.52. The Kier molecular flexibility index (Phi) is 10.1. The van der Waals surface area contributed by atoms with Gasteiger partial charge in [0.05, 0.1) is 6.61 Å². The van der Waals surface area contributed by atoms with Crippen LogP contribution in [0.3, 0.4) is 0 Å². The molecule has 0 saturated carbocycles. The lowest BCUT2D eigenvalue weighted by molar-refractivity contribution is 0.121. The second kappa shape index (κ2) is 12.3. The Morgan fingerprint density at radius 3 is 2.75 bits per heavy atom. The van der Waals surface area contributed by atoms with Crippen molar-refractivity contribution in [1.29, 1.82) is 0 Å². The summed E-state index contributed by atoms with van der Waals surface area (Å²) in [6.45, 7) is 6.30. The van der Waals surface area contributed by atoms with Crippen molar-refractivity contribution >= 4 is 29.9 Å². The second-order valence-electron chi connectivity index (χ2n) is 7.10. The summed E-state index contributed by atoms with van der Waals surface area (Å²) < 4.78 is 16.0. The van der Waals surface area contributed by atoms with E-state index >= 15 is 0 Å². The number of rotatable bonds is 8. The van der Waals surface area contributed by atoms with Crippen molar-refractivity contribution in [3.63, 3.8) is 0 Å². The van der Waals surface area contributed by atoms with Gasteiger partial charge in [0.2, 0.25) is 6.79 Å². The molecular weight excluding hydrogens is 471 g/mol. The number of nitrogens with one attached hydrogen (secondary N) is 2. The lowest BCUT2D eigenvalue weighted by Crippen LogP contribution is -2.43. The predicted octanol–water partition coefficient (Wildman–Crippen LogP) is 2.10. The number of fused-ring (bicyclic) bond motifs is 1. The van der Waals surface area contributed by atoms with Crippen molar-refractivity contribution in [1.82, 2.24) is 15.5 Å². The molecule has 0 amide bonds. The number of halogens is 1. The Hall–Kier alpha value is -1.26. The molecule has 0 spiro atoms. The topological polar surface area (TPSA) is 67.4 Å². The van der Waals surface area contributed by atoms with Gasteiger partial charge in [0.1, 0.15) is 0 Å². The third kappa shape index (κ3) is 6.97. The molecule has 1 saturated heterocycles. The van der Waals surface area contributed by atoms with Gasteiger partial charge in [-0.15, -0.1) is 24.0 Å². The number of aliphatic imine (C=N–C) groups is 1. The number of ether oxygens (including phenoxy) is 3. The minimum absolute atomic E-state index is 0. The maximum atomic E-state index is 5.43. The Morgan fingerprint density at radius 1 is 1.21 bits per heavy atom. The van der Waals surface area contributed by atoms with Crippen molar-refractivity contribution in [2.45, 2.75) is 19.3 Å².